The predicted molar refractivity (Wildman–Crippen MR) is 60.2 cm³/mol. The zero-order valence-electron chi connectivity index (χ0n) is 9.07. The number of hydrogen-bond acceptors (Lipinski definition) is 2. The van der Waals surface area contributed by atoms with Crippen LogP contribution >= 0.6 is 0 Å². The second kappa shape index (κ2) is 3.53. The van der Waals surface area contributed by atoms with Crippen LogP contribution in [0.1, 0.15) is 17.9 Å². The van der Waals surface area contributed by atoms with Gasteiger partial charge >= 0.3 is 0 Å². The monoisotopic (exact) mass is 203 g/mol. The number of hydrogen-bond donors (Lipinski definition) is 1. The topological polar surface area (TPSA) is 21.3 Å². The Morgan fingerprint density at radius 3 is 2.67 bits per heavy atom. The number of ether oxygens (including phenoxy) is 1. The van der Waals surface area contributed by atoms with Crippen molar-refractivity contribution in [2.75, 3.05) is 20.2 Å². The Bertz CT molecular complexity index is 346. The highest BCUT2D eigenvalue weighted by Gasteiger charge is 2.44. The maximum absolute atomic E-state index is 5.17. The van der Waals surface area contributed by atoms with E-state index in [1.165, 1.54) is 25.1 Å². The Kier molecular flexibility index (Phi) is 2.17. The average Bonchev–Trinajstić information content (AvgIpc) is 2.61. The molecular formula is C13H17NO. The van der Waals surface area contributed by atoms with Gasteiger partial charge < -0.3 is 10.1 Å². The first-order valence-electron chi connectivity index (χ1n) is 5.73. The van der Waals surface area contributed by atoms with Crippen molar-refractivity contribution in [3.05, 3.63) is 29.8 Å². The largest absolute Gasteiger partial charge is 0.497 e. The van der Waals surface area contributed by atoms with Gasteiger partial charge in [0, 0.05) is 0 Å². The van der Waals surface area contributed by atoms with E-state index in [-0.39, 0.29) is 0 Å². The van der Waals surface area contributed by atoms with Crippen LogP contribution < -0.4 is 10.1 Å². The lowest BCUT2D eigenvalue weighted by molar-refractivity contribution is 0.191. The maximum atomic E-state index is 5.17. The number of benzene rings is 1. The van der Waals surface area contributed by atoms with E-state index in [1.54, 1.807) is 7.11 Å². The van der Waals surface area contributed by atoms with E-state index in [0.717, 1.165) is 23.5 Å². The molecule has 3 atom stereocenters. The van der Waals surface area contributed by atoms with Crippen LogP contribution in [0.15, 0.2) is 24.3 Å². The molecule has 0 unspecified atom stereocenters. The molecule has 1 saturated carbocycles. The number of rotatable bonds is 2. The zero-order valence-corrected chi connectivity index (χ0v) is 9.07. The van der Waals surface area contributed by atoms with Gasteiger partial charge in [0.2, 0.25) is 0 Å². The highest BCUT2D eigenvalue weighted by molar-refractivity contribution is 5.31. The molecule has 2 fully saturated rings. The molecular weight excluding hydrogens is 186 g/mol. The lowest BCUT2D eigenvalue weighted by Gasteiger charge is -2.40. The summed E-state index contributed by atoms with van der Waals surface area (Å²) in [7, 11) is 1.72. The third-order valence-corrected chi connectivity index (χ3v) is 4.01. The van der Waals surface area contributed by atoms with Crippen molar-refractivity contribution in [2.24, 2.45) is 11.8 Å². The standard InChI is InChI=1S/C13H17NO/c1-15-11-4-2-9(3-5-11)12-6-10-7-14-8-13(10)12/h2-5,10,12-14H,6-8H2,1H3/t10-,12-,13-/m0/s1. The third-order valence-electron chi connectivity index (χ3n) is 4.01. The second-order valence-corrected chi connectivity index (χ2v) is 4.70. The molecule has 1 heterocycles. The third kappa shape index (κ3) is 1.44. The Balaban J connectivity index is 1.76. The van der Waals surface area contributed by atoms with E-state index in [4.69, 9.17) is 4.74 Å². The van der Waals surface area contributed by atoms with Gasteiger partial charge in [-0.25, -0.2) is 0 Å². The molecule has 2 heteroatoms. The molecule has 80 valence electrons. The molecule has 0 radical (unpaired) electrons. The van der Waals surface area contributed by atoms with Crippen molar-refractivity contribution < 1.29 is 4.74 Å². The molecule has 1 aromatic rings. The van der Waals surface area contributed by atoms with Crippen LogP contribution in [0.3, 0.4) is 0 Å². The first-order valence-corrected chi connectivity index (χ1v) is 5.73. The fraction of sp³-hybridized carbons (Fsp3) is 0.538. The van der Waals surface area contributed by atoms with Crippen LogP contribution in [0, 0.1) is 11.8 Å². The number of fused-ring (bicyclic) bond motifs is 1. The van der Waals surface area contributed by atoms with Crippen LogP contribution in [0.5, 0.6) is 5.75 Å². The van der Waals surface area contributed by atoms with E-state index >= 15 is 0 Å². The van der Waals surface area contributed by atoms with Gasteiger partial charge in [-0.3, -0.25) is 0 Å². The summed E-state index contributed by atoms with van der Waals surface area (Å²) < 4.78 is 5.17. The lowest BCUT2D eigenvalue weighted by atomic mass is 9.64. The summed E-state index contributed by atoms with van der Waals surface area (Å²) in [5, 5.41) is 3.48. The highest BCUT2D eigenvalue weighted by atomic mass is 16.5. The van der Waals surface area contributed by atoms with Crippen LogP contribution in [0.2, 0.25) is 0 Å². The van der Waals surface area contributed by atoms with Gasteiger partial charge in [-0.15, -0.1) is 0 Å². The molecule has 1 N–H and O–H groups in total. The normalized spacial score (nSPS) is 33.3. The zero-order chi connectivity index (χ0) is 10.3. The fourth-order valence-electron chi connectivity index (χ4n) is 3.02. The molecule has 2 nitrogen and oxygen atoms in total. The van der Waals surface area contributed by atoms with Gasteiger partial charge in [0.25, 0.3) is 0 Å². The van der Waals surface area contributed by atoms with Crippen LogP contribution in [-0.2, 0) is 0 Å². The Labute approximate surface area is 90.6 Å². The minimum atomic E-state index is 0.788. The minimum absolute atomic E-state index is 0.788. The predicted octanol–water partition coefficient (Wildman–Crippen LogP) is 2.02. The summed E-state index contributed by atoms with van der Waals surface area (Å²) in [6.07, 6.45) is 1.37. The first kappa shape index (κ1) is 9.22. The van der Waals surface area contributed by atoms with Crippen LogP contribution in [0.25, 0.3) is 0 Å². The minimum Gasteiger partial charge on any atom is -0.497 e. The van der Waals surface area contributed by atoms with Crippen molar-refractivity contribution in [1.29, 1.82) is 0 Å². The lowest BCUT2D eigenvalue weighted by Crippen LogP contribution is -2.33. The number of methoxy groups -OCH3 is 1. The van der Waals surface area contributed by atoms with Crippen molar-refractivity contribution in [1.82, 2.24) is 5.32 Å². The fourth-order valence-corrected chi connectivity index (χ4v) is 3.02. The Morgan fingerprint density at radius 2 is 2.00 bits per heavy atom. The van der Waals surface area contributed by atoms with Gasteiger partial charge in [-0.05, 0) is 55.0 Å². The summed E-state index contributed by atoms with van der Waals surface area (Å²) in [5.74, 6) is 3.57. The second-order valence-electron chi connectivity index (χ2n) is 4.70. The van der Waals surface area contributed by atoms with E-state index in [0.29, 0.717) is 0 Å². The van der Waals surface area contributed by atoms with Crippen molar-refractivity contribution in [3.8, 4) is 5.75 Å². The van der Waals surface area contributed by atoms with Crippen molar-refractivity contribution >= 4 is 0 Å². The molecule has 0 spiro atoms. The van der Waals surface area contributed by atoms with Gasteiger partial charge in [0.1, 0.15) is 5.75 Å². The molecule has 0 bridgehead atoms. The van der Waals surface area contributed by atoms with Crippen LogP contribution in [0.4, 0.5) is 0 Å². The van der Waals surface area contributed by atoms with Gasteiger partial charge in [0.15, 0.2) is 0 Å². The molecule has 0 aromatic heterocycles. The highest BCUT2D eigenvalue weighted by Crippen LogP contribution is 2.49. The molecule has 1 saturated heterocycles. The first-order chi connectivity index (χ1) is 7.38. The Morgan fingerprint density at radius 1 is 1.20 bits per heavy atom. The summed E-state index contributed by atoms with van der Waals surface area (Å²) in [6, 6.07) is 8.59. The van der Waals surface area contributed by atoms with E-state index in [1.807, 2.05) is 0 Å². The molecule has 1 aromatic carbocycles. The number of nitrogens with one attached hydrogen (secondary N) is 1. The van der Waals surface area contributed by atoms with E-state index in [2.05, 4.69) is 29.6 Å². The van der Waals surface area contributed by atoms with Gasteiger partial charge in [0.05, 0.1) is 7.11 Å². The quantitative estimate of drug-likeness (QED) is 0.794. The van der Waals surface area contributed by atoms with E-state index < -0.39 is 0 Å². The summed E-state index contributed by atoms with van der Waals surface area (Å²) in [6.45, 7) is 2.44. The SMILES string of the molecule is COc1ccc([C@@H]2C[C@H]3CNC[C@@H]32)cc1. The van der Waals surface area contributed by atoms with Gasteiger partial charge in [-0.2, -0.15) is 0 Å². The van der Waals surface area contributed by atoms with Gasteiger partial charge in [-0.1, -0.05) is 12.1 Å². The molecule has 3 rings (SSSR count). The molecule has 0 amide bonds. The van der Waals surface area contributed by atoms with Crippen LogP contribution in [-0.4, -0.2) is 20.2 Å². The summed E-state index contributed by atoms with van der Waals surface area (Å²) in [5.41, 5.74) is 1.49. The molecule has 1 aliphatic carbocycles. The Hall–Kier alpha value is -1.02. The molecule has 2 aliphatic rings. The smallest absolute Gasteiger partial charge is 0.118 e. The van der Waals surface area contributed by atoms with Crippen molar-refractivity contribution in [2.45, 2.75) is 12.3 Å². The van der Waals surface area contributed by atoms with E-state index in [9.17, 15) is 0 Å². The molecule has 1 aliphatic heterocycles. The molecule has 15 heavy (non-hydrogen) atoms. The van der Waals surface area contributed by atoms with Crippen molar-refractivity contribution in [3.63, 3.8) is 0 Å². The summed E-state index contributed by atoms with van der Waals surface area (Å²) >= 11 is 0. The maximum Gasteiger partial charge on any atom is 0.118 e. The summed E-state index contributed by atoms with van der Waals surface area (Å²) in [4.78, 5) is 0. The average molecular weight is 203 g/mol.